The molecule has 2 amide bonds. The van der Waals surface area contributed by atoms with Gasteiger partial charge in [0, 0.05) is 17.6 Å². The molecule has 0 radical (unpaired) electrons. The number of hydrogen-bond acceptors (Lipinski definition) is 4. The SMILES string of the molecule is Cc1nn(C)c(Cl)c1/C=C1\C(=O)NC(=S)N(c2ccc(Cl)cc2)C1=O. The number of nitrogens with zero attached hydrogens (tertiary/aromatic N) is 3. The summed E-state index contributed by atoms with van der Waals surface area (Å²) in [6.45, 7) is 1.74. The molecule has 1 fully saturated rings. The molecule has 1 aromatic heterocycles. The number of nitrogens with one attached hydrogen (secondary N) is 1. The van der Waals surface area contributed by atoms with Crippen molar-refractivity contribution in [2.75, 3.05) is 4.90 Å². The normalized spacial score (nSPS) is 16.6. The second-order valence-electron chi connectivity index (χ2n) is 5.35. The summed E-state index contributed by atoms with van der Waals surface area (Å²) < 4.78 is 1.47. The second-order valence-corrected chi connectivity index (χ2v) is 6.53. The van der Waals surface area contributed by atoms with Crippen molar-refractivity contribution in [3.63, 3.8) is 0 Å². The molecule has 1 N–H and O–H groups in total. The number of carbonyl (C=O) groups is 2. The van der Waals surface area contributed by atoms with Gasteiger partial charge in [0.25, 0.3) is 11.8 Å². The standard InChI is InChI=1S/C16H12Cl2N4O2S/c1-8-11(13(18)21(2)20-8)7-12-14(23)19-16(25)22(15(12)24)10-5-3-9(17)4-6-10/h3-7H,1-2H3,(H,19,23,25)/b12-7+. The van der Waals surface area contributed by atoms with Gasteiger partial charge >= 0.3 is 0 Å². The molecule has 2 aromatic rings. The van der Waals surface area contributed by atoms with Crippen LogP contribution in [0.15, 0.2) is 29.8 Å². The maximum absolute atomic E-state index is 12.9. The van der Waals surface area contributed by atoms with E-state index in [-0.39, 0.29) is 10.7 Å². The minimum atomic E-state index is -0.584. The number of carbonyl (C=O) groups excluding carboxylic acids is 2. The topological polar surface area (TPSA) is 67.2 Å². The van der Waals surface area contributed by atoms with E-state index in [4.69, 9.17) is 35.4 Å². The highest BCUT2D eigenvalue weighted by atomic mass is 35.5. The molecule has 25 heavy (non-hydrogen) atoms. The van der Waals surface area contributed by atoms with Crippen molar-refractivity contribution in [2.45, 2.75) is 6.92 Å². The van der Waals surface area contributed by atoms with Crippen LogP contribution in [0.3, 0.4) is 0 Å². The lowest BCUT2D eigenvalue weighted by Gasteiger charge is -2.28. The third kappa shape index (κ3) is 3.18. The maximum Gasteiger partial charge on any atom is 0.270 e. The highest BCUT2D eigenvalue weighted by Gasteiger charge is 2.34. The van der Waals surface area contributed by atoms with Gasteiger partial charge in [0.05, 0.1) is 11.4 Å². The van der Waals surface area contributed by atoms with Crippen LogP contribution in [-0.4, -0.2) is 26.7 Å². The third-order valence-corrected chi connectivity index (χ3v) is 4.66. The zero-order chi connectivity index (χ0) is 18.3. The summed E-state index contributed by atoms with van der Waals surface area (Å²) in [7, 11) is 1.68. The molecule has 9 heteroatoms. The Balaban J connectivity index is 2.06. The van der Waals surface area contributed by atoms with Crippen molar-refractivity contribution >= 4 is 64.1 Å². The number of benzene rings is 1. The van der Waals surface area contributed by atoms with Crippen molar-refractivity contribution in [3.05, 3.63) is 51.3 Å². The molecule has 1 saturated heterocycles. The minimum Gasteiger partial charge on any atom is -0.298 e. The lowest BCUT2D eigenvalue weighted by atomic mass is 10.1. The largest absolute Gasteiger partial charge is 0.298 e. The number of halogens is 2. The molecule has 2 heterocycles. The number of aryl methyl sites for hydroxylation is 2. The first-order valence-corrected chi connectivity index (χ1v) is 8.32. The molecule has 3 rings (SSSR count). The van der Waals surface area contributed by atoms with Crippen LogP contribution in [0.1, 0.15) is 11.3 Å². The van der Waals surface area contributed by atoms with Gasteiger partial charge in [0.15, 0.2) is 5.11 Å². The lowest BCUT2D eigenvalue weighted by Crippen LogP contribution is -2.54. The van der Waals surface area contributed by atoms with Crippen LogP contribution in [0.2, 0.25) is 10.2 Å². The van der Waals surface area contributed by atoms with Crippen molar-refractivity contribution in [1.82, 2.24) is 15.1 Å². The molecule has 0 atom stereocenters. The Morgan fingerprint density at radius 1 is 1.20 bits per heavy atom. The zero-order valence-corrected chi connectivity index (χ0v) is 15.5. The van der Waals surface area contributed by atoms with Gasteiger partial charge in [-0.3, -0.25) is 24.5 Å². The Kier molecular flexibility index (Phi) is 4.64. The Hall–Kier alpha value is -2.22. The van der Waals surface area contributed by atoms with Gasteiger partial charge in [-0.25, -0.2) is 0 Å². The quantitative estimate of drug-likeness (QED) is 0.483. The first kappa shape index (κ1) is 17.6. The van der Waals surface area contributed by atoms with Gasteiger partial charge in [-0.1, -0.05) is 23.2 Å². The lowest BCUT2D eigenvalue weighted by molar-refractivity contribution is -0.122. The minimum absolute atomic E-state index is 0.00322. The summed E-state index contributed by atoms with van der Waals surface area (Å²) in [4.78, 5) is 26.4. The fraction of sp³-hybridized carbons (Fsp3) is 0.125. The van der Waals surface area contributed by atoms with E-state index in [0.29, 0.717) is 27.1 Å². The van der Waals surface area contributed by atoms with Crippen LogP contribution in [0.25, 0.3) is 6.08 Å². The molecule has 1 aromatic carbocycles. The average Bonchev–Trinajstić information content (AvgIpc) is 2.78. The van der Waals surface area contributed by atoms with Crippen LogP contribution in [0.4, 0.5) is 5.69 Å². The van der Waals surface area contributed by atoms with E-state index in [9.17, 15) is 9.59 Å². The third-order valence-electron chi connectivity index (χ3n) is 3.67. The van der Waals surface area contributed by atoms with E-state index < -0.39 is 11.8 Å². The van der Waals surface area contributed by atoms with E-state index in [0.717, 1.165) is 0 Å². The van der Waals surface area contributed by atoms with Crippen LogP contribution in [0.5, 0.6) is 0 Å². The van der Waals surface area contributed by atoms with Crippen LogP contribution in [-0.2, 0) is 16.6 Å². The number of hydrogen-bond donors (Lipinski definition) is 1. The van der Waals surface area contributed by atoms with Gasteiger partial charge in [-0.2, -0.15) is 5.10 Å². The molecule has 128 valence electrons. The number of amides is 2. The molecule has 0 saturated carbocycles. The van der Waals surface area contributed by atoms with Gasteiger partial charge in [0.2, 0.25) is 0 Å². The maximum atomic E-state index is 12.9. The van der Waals surface area contributed by atoms with Crippen molar-refractivity contribution in [2.24, 2.45) is 7.05 Å². The van der Waals surface area contributed by atoms with Gasteiger partial charge in [-0.05, 0) is 49.5 Å². The first-order valence-electron chi connectivity index (χ1n) is 7.15. The van der Waals surface area contributed by atoms with Gasteiger partial charge < -0.3 is 0 Å². The summed E-state index contributed by atoms with van der Waals surface area (Å²) in [6, 6.07) is 6.55. The van der Waals surface area contributed by atoms with Crippen LogP contribution >= 0.6 is 35.4 Å². The van der Waals surface area contributed by atoms with E-state index in [1.807, 2.05) is 0 Å². The summed E-state index contributed by atoms with van der Waals surface area (Å²) in [6.07, 6.45) is 1.42. The molecule has 1 aliphatic heterocycles. The predicted molar refractivity (Wildman–Crippen MR) is 101 cm³/mol. The zero-order valence-electron chi connectivity index (χ0n) is 13.2. The fourth-order valence-corrected chi connectivity index (χ4v) is 3.07. The molecule has 6 nitrogen and oxygen atoms in total. The summed E-state index contributed by atoms with van der Waals surface area (Å²) in [5.41, 5.74) is 1.53. The average molecular weight is 395 g/mol. The molecular weight excluding hydrogens is 383 g/mol. The van der Waals surface area contributed by atoms with E-state index in [1.165, 1.54) is 15.7 Å². The van der Waals surface area contributed by atoms with Crippen molar-refractivity contribution in [3.8, 4) is 0 Å². The Morgan fingerprint density at radius 3 is 2.40 bits per heavy atom. The molecule has 0 unspecified atom stereocenters. The van der Waals surface area contributed by atoms with E-state index in [2.05, 4.69) is 10.4 Å². The van der Waals surface area contributed by atoms with Crippen molar-refractivity contribution < 1.29 is 9.59 Å². The Labute approximate surface area is 159 Å². The predicted octanol–water partition coefficient (Wildman–Crippen LogP) is 2.87. The fourth-order valence-electron chi connectivity index (χ4n) is 2.44. The monoisotopic (exact) mass is 394 g/mol. The molecular formula is C16H12Cl2N4O2S. The number of aromatic nitrogens is 2. The van der Waals surface area contributed by atoms with Crippen molar-refractivity contribution in [1.29, 1.82) is 0 Å². The second kappa shape index (κ2) is 6.59. The highest BCUT2D eigenvalue weighted by molar-refractivity contribution is 7.80. The molecule has 0 bridgehead atoms. The molecule has 0 spiro atoms. The van der Waals surface area contributed by atoms with Crippen LogP contribution < -0.4 is 10.2 Å². The smallest absolute Gasteiger partial charge is 0.270 e. The molecule has 1 aliphatic rings. The summed E-state index contributed by atoms with van der Waals surface area (Å²) in [5, 5.41) is 7.54. The van der Waals surface area contributed by atoms with E-state index >= 15 is 0 Å². The van der Waals surface area contributed by atoms with Gasteiger partial charge in [-0.15, -0.1) is 0 Å². The van der Waals surface area contributed by atoms with E-state index in [1.54, 1.807) is 38.2 Å². The molecule has 0 aliphatic carbocycles. The Bertz CT molecular complexity index is 934. The number of rotatable bonds is 2. The number of thiocarbonyl (C=S) groups is 1. The Morgan fingerprint density at radius 2 is 1.84 bits per heavy atom. The highest BCUT2D eigenvalue weighted by Crippen LogP contribution is 2.26. The first-order chi connectivity index (χ1) is 11.8. The summed E-state index contributed by atoms with van der Waals surface area (Å²) >= 11 is 17.2. The number of anilines is 1. The summed E-state index contributed by atoms with van der Waals surface area (Å²) in [5.74, 6) is -1.13. The van der Waals surface area contributed by atoms with Gasteiger partial charge in [0.1, 0.15) is 10.7 Å². The van der Waals surface area contributed by atoms with Crippen LogP contribution in [0, 0.1) is 6.92 Å².